The van der Waals surface area contributed by atoms with Crippen molar-refractivity contribution < 1.29 is 4.74 Å². The zero-order valence-corrected chi connectivity index (χ0v) is 7.42. The van der Waals surface area contributed by atoms with Gasteiger partial charge < -0.3 is 4.74 Å². The molecule has 0 bridgehead atoms. The zero-order valence-electron chi connectivity index (χ0n) is 7.42. The number of hydrogen-bond donors (Lipinski definition) is 1. The molecule has 2 unspecified atom stereocenters. The maximum atomic E-state index is 8.59. The van der Waals surface area contributed by atoms with Crippen LogP contribution in [0.2, 0.25) is 0 Å². The van der Waals surface area contributed by atoms with Crippen molar-refractivity contribution in [2.24, 2.45) is 0 Å². The normalized spacial score (nSPS) is 15.5. The van der Waals surface area contributed by atoms with Crippen molar-refractivity contribution in [1.82, 2.24) is 5.32 Å². The first kappa shape index (κ1) is 10.4. The van der Waals surface area contributed by atoms with Crippen molar-refractivity contribution in [3.8, 4) is 6.07 Å². The molecule has 0 radical (unpaired) electrons. The van der Waals surface area contributed by atoms with E-state index in [1.807, 2.05) is 13.8 Å². The number of hydrogen-bond acceptors (Lipinski definition) is 3. The number of methoxy groups -OCH3 is 1. The van der Waals surface area contributed by atoms with Crippen molar-refractivity contribution in [2.45, 2.75) is 32.4 Å². The minimum atomic E-state index is -0.0415. The lowest BCUT2D eigenvalue weighted by atomic mass is 10.2. The van der Waals surface area contributed by atoms with Crippen molar-refractivity contribution >= 4 is 0 Å². The summed E-state index contributed by atoms with van der Waals surface area (Å²) in [6, 6.07) is 2.39. The molecule has 64 valence electrons. The summed E-state index contributed by atoms with van der Waals surface area (Å²) in [5.74, 6) is 0. The van der Waals surface area contributed by atoms with E-state index in [0.717, 1.165) is 6.42 Å². The lowest BCUT2D eigenvalue weighted by molar-refractivity contribution is 0.169. The Morgan fingerprint density at radius 1 is 1.64 bits per heavy atom. The van der Waals surface area contributed by atoms with Gasteiger partial charge in [0.25, 0.3) is 0 Å². The van der Waals surface area contributed by atoms with E-state index in [1.165, 1.54) is 0 Å². The number of rotatable bonds is 5. The molecular weight excluding hydrogens is 140 g/mol. The van der Waals surface area contributed by atoms with Gasteiger partial charge in [0, 0.05) is 13.2 Å². The summed E-state index contributed by atoms with van der Waals surface area (Å²) in [5.41, 5.74) is 0. The van der Waals surface area contributed by atoms with Crippen molar-refractivity contribution in [2.75, 3.05) is 13.7 Å². The SMILES string of the molecule is CCC(C#N)NC(C)COC. The Kier molecular flexibility index (Phi) is 5.81. The van der Waals surface area contributed by atoms with Crippen LogP contribution < -0.4 is 5.32 Å². The van der Waals surface area contributed by atoms with Crippen LogP contribution in [-0.4, -0.2) is 25.8 Å². The molecule has 0 heterocycles. The van der Waals surface area contributed by atoms with Gasteiger partial charge in [-0.25, -0.2) is 0 Å². The molecule has 0 saturated carbocycles. The van der Waals surface area contributed by atoms with E-state index in [0.29, 0.717) is 6.61 Å². The average molecular weight is 156 g/mol. The summed E-state index contributed by atoms with van der Waals surface area (Å²) >= 11 is 0. The smallest absolute Gasteiger partial charge is 0.0953 e. The van der Waals surface area contributed by atoms with Gasteiger partial charge in [-0.1, -0.05) is 6.92 Å². The molecule has 0 aliphatic heterocycles. The Morgan fingerprint density at radius 2 is 2.27 bits per heavy atom. The van der Waals surface area contributed by atoms with Gasteiger partial charge in [-0.05, 0) is 13.3 Å². The zero-order chi connectivity index (χ0) is 8.69. The Bertz CT molecular complexity index is 131. The molecule has 0 rings (SSSR count). The number of nitriles is 1. The highest BCUT2D eigenvalue weighted by molar-refractivity contribution is 4.89. The monoisotopic (exact) mass is 156 g/mol. The van der Waals surface area contributed by atoms with E-state index in [9.17, 15) is 0 Å². The molecule has 1 N–H and O–H groups in total. The molecule has 0 saturated heterocycles. The Hall–Kier alpha value is -0.590. The summed E-state index contributed by atoms with van der Waals surface area (Å²) in [6.07, 6.45) is 0.838. The largest absolute Gasteiger partial charge is 0.383 e. The fourth-order valence-corrected chi connectivity index (χ4v) is 0.888. The number of ether oxygens (including phenoxy) is 1. The van der Waals surface area contributed by atoms with Crippen molar-refractivity contribution in [3.63, 3.8) is 0 Å². The second-order valence-electron chi connectivity index (χ2n) is 2.61. The highest BCUT2D eigenvalue weighted by atomic mass is 16.5. The summed E-state index contributed by atoms with van der Waals surface area (Å²) in [6.45, 7) is 4.64. The predicted molar refractivity (Wildman–Crippen MR) is 44.2 cm³/mol. The molecule has 0 aromatic rings. The van der Waals surface area contributed by atoms with Crippen LogP contribution in [0.1, 0.15) is 20.3 Å². The van der Waals surface area contributed by atoms with Crippen LogP contribution >= 0.6 is 0 Å². The lowest BCUT2D eigenvalue weighted by Crippen LogP contribution is -2.37. The van der Waals surface area contributed by atoms with E-state index in [4.69, 9.17) is 10.00 Å². The fraction of sp³-hybridized carbons (Fsp3) is 0.875. The van der Waals surface area contributed by atoms with Gasteiger partial charge in [0.15, 0.2) is 0 Å². The maximum absolute atomic E-state index is 8.59. The summed E-state index contributed by atoms with van der Waals surface area (Å²) in [7, 11) is 1.66. The minimum absolute atomic E-state index is 0.0415. The molecule has 0 aliphatic rings. The first-order valence-electron chi connectivity index (χ1n) is 3.89. The first-order valence-corrected chi connectivity index (χ1v) is 3.89. The number of nitrogens with one attached hydrogen (secondary N) is 1. The summed E-state index contributed by atoms with van der Waals surface area (Å²) in [4.78, 5) is 0. The highest BCUT2D eigenvalue weighted by Crippen LogP contribution is 1.91. The first-order chi connectivity index (χ1) is 5.24. The molecule has 0 aromatic heterocycles. The minimum Gasteiger partial charge on any atom is -0.383 e. The van der Waals surface area contributed by atoms with Gasteiger partial charge in [0.05, 0.1) is 18.7 Å². The highest BCUT2D eigenvalue weighted by Gasteiger charge is 2.07. The maximum Gasteiger partial charge on any atom is 0.0953 e. The second-order valence-corrected chi connectivity index (χ2v) is 2.61. The van der Waals surface area contributed by atoms with E-state index < -0.39 is 0 Å². The molecular formula is C8H16N2O. The topological polar surface area (TPSA) is 45.0 Å². The summed E-state index contributed by atoms with van der Waals surface area (Å²) in [5, 5.41) is 11.7. The van der Waals surface area contributed by atoms with Crippen LogP contribution in [0.15, 0.2) is 0 Å². The Balaban J connectivity index is 3.55. The van der Waals surface area contributed by atoms with Crippen LogP contribution in [0.3, 0.4) is 0 Å². The van der Waals surface area contributed by atoms with E-state index >= 15 is 0 Å². The standard InChI is InChI=1S/C8H16N2O/c1-4-8(5-9)10-7(2)6-11-3/h7-8,10H,4,6H2,1-3H3. The van der Waals surface area contributed by atoms with Gasteiger partial charge in [0.1, 0.15) is 0 Å². The van der Waals surface area contributed by atoms with Crippen LogP contribution in [0, 0.1) is 11.3 Å². The van der Waals surface area contributed by atoms with Gasteiger partial charge in [-0.15, -0.1) is 0 Å². The van der Waals surface area contributed by atoms with Crippen molar-refractivity contribution in [1.29, 1.82) is 5.26 Å². The third-order valence-corrected chi connectivity index (χ3v) is 1.47. The molecule has 0 amide bonds. The quantitative estimate of drug-likeness (QED) is 0.643. The molecule has 3 heteroatoms. The van der Waals surface area contributed by atoms with E-state index in [-0.39, 0.29) is 12.1 Å². The molecule has 0 aromatic carbocycles. The third-order valence-electron chi connectivity index (χ3n) is 1.47. The van der Waals surface area contributed by atoms with Crippen LogP contribution in [0.25, 0.3) is 0 Å². The van der Waals surface area contributed by atoms with Crippen LogP contribution in [0.5, 0.6) is 0 Å². The molecule has 0 fully saturated rings. The van der Waals surface area contributed by atoms with Gasteiger partial charge in [-0.2, -0.15) is 5.26 Å². The van der Waals surface area contributed by atoms with E-state index in [2.05, 4.69) is 11.4 Å². The van der Waals surface area contributed by atoms with Gasteiger partial charge in [0.2, 0.25) is 0 Å². The van der Waals surface area contributed by atoms with Gasteiger partial charge >= 0.3 is 0 Å². The lowest BCUT2D eigenvalue weighted by Gasteiger charge is -2.15. The molecule has 0 spiro atoms. The fourth-order valence-electron chi connectivity index (χ4n) is 0.888. The molecule has 3 nitrogen and oxygen atoms in total. The Morgan fingerprint density at radius 3 is 2.64 bits per heavy atom. The van der Waals surface area contributed by atoms with E-state index in [1.54, 1.807) is 7.11 Å². The average Bonchev–Trinajstić information content (AvgIpc) is 2.01. The predicted octanol–water partition coefficient (Wildman–Crippen LogP) is 0.913. The molecule has 2 atom stereocenters. The summed E-state index contributed by atoms with van der Waals surface area (Å²) < 4.78 is 4.92. The third kappa shape index (κ3) is 4.77. The van der Waals surface area contributed by atoms with Crippen LogP contribution in [0.4, 0.5) is 0 Å². The van der Waals surface area contributed by atoms with Gasteiger partial charge in [-0.3, -0.25) is 5.32 Å². The van der Waals surface area contributed by atoms with Crippen molar-refractivity contribution in [3.05, 3.63) is 0 Å². The van der Waals surface area contributed by atoms with Crippen LogP contribution in [-0.2, 0) is 4.74 Å². The Labute approximate surface area is 68.3 Å². The second kappa shape index (κ2) is 6.14. The molecule has 0 aliphatic carbocycles. The molecule has 11 heavy (non-hydrogen) atoms. The number of nitrogens with zero attached hydrogens (tertiary/aromatic N) is 1.